The molecule has 2 heterocycles. The first kappa shape index (κ1) is 12.8. The second kappa shape index (κ2) is 5.05. The third kappa shape index (κ3) is 2.30. The number of hydrogen-bond acceptors (Lipinski definition) is 3. The van der Waals surface area contributed by atoms with Crippen LogP contribution >= 0.6 is 0 Å². The number of carboxylic acids is 1. The summed E-state index contributed by atoms with van der Waals surface area (Å²) in [4.78, 5) is 11.1. The zero-order valence-corrected chi connectivity index (χ0v) is 10.6. The van der Waals surface area contributed by atoms with Crippen molar-refractivity contribution in [3.8, 4) is 5.69 Å². The third-order valence-electron chi connectivity index (χ3n) is 3.29. The highest BCUT2D eigenvalue weighted by molar-refractivity contribution is 5.85. The lowest BCUT2D eigenvalue weighted by molar-refractivity contribution is 0.0690. The Morgan fingerprint density at radius 1 is 1.40 bits per heavy atom. The van der Waals surface area contributed by atoms with E-state index in [-0.39, 0.29) is 17.6 Å². The van der Waals surface area contributed by atoms with Gasteiger partial charge in [0.15, 0.2) is 5.69 Å². The monoisotopic (exact) mass is 276 g/mol. The van der Waals surface area contributed by atoms with Crippen molar-refractivity contribution in [2.45, 2.75) is 18.9 Å². The summed E-state index contributed by atoms with van der Waals surface area (Å²) in [6.45, 7) is 0.654. The summed E-state index contributed by atoms with van der Waals surface area (Å²) >= 11 is 0. The Kier molecular flexibility index (Phi) is 3.23. The Balaban J connectivity index is 2.07. The molecule has 1 aromatic heterocycles. The molecule has 3 rings (SSSR count). The summed E-state index contributed by atoms with van der Waals surface area (Å²) in [6.07, 6.45) is 1.59. The quantitative estimate of drug-likeness (QED) is 0.935. The van der Waals surface area contributed by atoms with Crippen molar-refractivity contribution in [2.24, 2.45) is 0 Å². The fourth-order valence-electron chi connectivity index (χ4n) is 2.33. The molecule has 1 N–H and O–H groups in total. The van der Waals surface area contributed by atoms with Crippen LogP contribution in [0.2, 0.25) is 0 Å². The van der Waals surface area contributed by atoms with Crippen molar-refractivity contribution in [1.29, 1.82) is 0 Å². The number of aromatic nitrogens is 2. The van der Waals surface area contributed by atoms with E-state index in [0.29, 0.717) is 18.0 Å². The number of benzene rings is 1. The first-order chi connectivity index (χ1) is 9.65. The van der Waals surface area contributed by atoms with Gasteiger partial charge in [0, 0.05) is 6.61 Å². The van der Waals surface area contributed by atoms with E-state index in [4.69, 9.17) is 9.84 Å². The van der Waals surface area contributed by atoms with Crippen LogP contribution in [0.1, 0.15) is 35.1 Å². The molecule has 1 aliphatic rings. The van der Waals surface area contributed by atoms with Crippen LogP contribution in [0.4, 0.5) is 4.39 Å². The average molecular weight is 276 g/mol. The summed E-state index contributed by atoms with van der Waals surface area (Å²) in [6, 6.07) is 7.27. The van der Waals surface area contributed by atoms with E-state index in [1.54, 1.807) is 12.1 Å². The molecule has 20 heavy (non-hydrogen) atoms. The number of carboxylic acid groups (broad SMARTS) is 1. The van der Waals surface area contributed by atoms with E-state index >= 15 is 0 Å². The molecule has 1 unspecified atom stereocenters. The topological polar surface area (TPSA) is 64.3 Å². The van der Waals surface area contributed by atoms with E-state index < -0.39 is 5.97 Å². The number of carbonyl (C=O) groups is 1. The average Bonchev–Trinajstić information content (AvgIpc) is 3.08. The lowest BCUT2D eigenvalue weighted by atomic mass is 10.1. The van der Waals surface area contributed by atoms with Crippen LogP contribution in [0.5, 0.6) is 0 Å². The van der Waals surface area contributed by atoms with Gasteiger partial charge in [0.25, 0.3) is 0 Å². The highest BCUT2D eigenvalue weighted by Gasteiger charge is 2.25. The van der Waals surface area contributed by atoms with Crippen molar-refractivity contribution in [1.82, 2.24) is 9.78 Å². The normalized spacial score (nSPS) is 18.4. The minimum Gasteiger partial charge on any atom is -0.476 e. The lowest BCUT2D eigenvalue weighted by Crippen LogP contribution is -2.07. The van der Waals surface area contributed by atoms with Gasteiger partial charge in [-0.1, -0.05) is 0 Å². The molecule has 1 aromatic carbocycles. The predicted octanol–water partition coefficient (Wildman–Crippen LogP) is 2.56. The SMILES string of the molecule is O=C(O)c1cc(C2CCCO2)n(-c2ccc(F)cc2)n1. The van der Waals surface area contributed by atoms with Crippen LogP contribution in [0.3, 0.4) is 0 Å². The van der Waals surface area contributed by atoms with Gasteiger partial charge in [-0.25, -0.2) is 13.9 Å². The summed E-state index contributed by atoms with van der Waals surface area (Å²) < 4.78 is 20.1. The minimum atomic E-state index is -1.09. The van der Waals surface area contributed by atoms with Gasteiger partial charge < -0.3 is 9.84 Å². The zero-order chi connectivity index (χ0) is 14.1. The molecule has 1 saturated heterocycles. The molecule has 6 heteroatoms. The van der Waals surface area contributed by atoms with Crippen LogP contribution in [0, 0.1) is 5.82 Å². The largest absolute Gasteiger partial charge is 0.476 e. The van der Waals surface area contributed by atoms with Crippen LogP contribution in [-0.2, 0) is 4.74 Å². The molecule has 0 aliphatic carbocycles. The molecule has 0 bridgehead atoms. The summed E-state index contributed by atoms with van der Waals surface area (Å²) in [5.74, 6) is -1.44. The molecule has 0 saturated carbocycles. The molecule has 0 amide bonds. The first-order valence-corrected chi connectivity index (χ1v) is 6.36. The van der Waals surface area contributed by atoms with Crippen molar-refractivity contribution in [3.05, 3.63) is 47.5 Å². The van der Waals surface area contributed by atoms with E-state index in [1.165, 1.54) is 22.9 Å². The summed E-state index contributed by atoms with van der Waals surface area (Å²) in [5.41, 5.74) is 1.26. The molecular formula is C14H13FN2O3. The molecule has 0 radical (unpaired) electrons. The van der Waals surface area contributed by atoms with Gasteiger partial charge in [0.2, 0.25) is 0 Å². The number of hydrogen-bond donors (Lipinski definition) is 1. The Bertz CT molecular complexity index is 630. The Morgan fingerprint density at radius 2 is 2.15 bits per heavy atom. The van der Waals surface area contributed by atoms with Gasteiger partial charge in [-0.2, -0.15) is 5.10 Å². The number of halogens is 1. The van der Waals surface area contributed by atoms with Gasteiger partial charge in [-0.15, -0.1) is 0 Å². The van der Waals surface area contributed by atoms with Crippen molar-refractivity contribution < 1.29 is 19.0 Å². The van der Waals surface area contributed by atoms with Crippen LogP contribution in [0.25, 0.3) is 5.69 Å². The molecule has 0 spiro atoms. The number of ether oxygens (including phenoxy) is 1. The maximum absolute atomic E-state index is 13.0. The molecular weight excluding hydrogens is 263 g/mol. The van der Waals surface area contributed by atoms with E-state index in [2.05, 4.69) is 5.10 Å². The van der Waals surface area contributed by atoms with E-state index in [1.807, 2.05) is 0 Å². The van der Waals surface area contributed by atoms with E-state index in [0.717, 1.165) is 12.8 Å². The highest BCUT2D eigenvalue weighted by atomic mass is 19.1. The fourth-order valence-corrected chi connectivity index (χ4v) is 2.33. The fraction of sp³-hybridized carbons (Fsp3) is 0.286. The first-order valence-electron chi connectivity index (χ1n) is 6.36. The van der Waals surface area contributed by atoms with Gasteiger partial charge in [0.1, 0.15) is 5.82 Å². The van der Waals surface area contributed by atoms with Crippen molar-refractivity contribution >= 4 is 5.97 Å². The highest BCUT2D eigenvalue weighted by Crippen LogP contribution is 2.30. The van der Waals surface area contributed by atoms with Gasteiger partial charge in [-0.05, 0) is 43.2 Å². The van der Waals surface area contributed by atoms with Gasteiger partial charge in [-0.3, -0.25) is 0 Å². The smallest absolute Gasteiger partial charge is 0.356 e. The standard InChI is InChI=1S/C14H13FN2O3/c15-9-3-5-10(6-4-9)17-12(13-2-1-7-20-13)8-11(16-17)14(18)19/h3-6,8,13H,1-2,7H2,(H,18,19). The van der Waals surface area contributed by atoms with Gasteiger partial charge >= 0.3 is 5.97 Å². The van der Waals surface area contributed by atoms with Crippen LogP contribution < -0.4 is 0 Å². The third-order valence-corrected chi connectivity index (χ3v) is 3.29. The summed E-state index contributed by atoms with van der Waals surface area (Å²) in [5, 5.41) is 13.1. The molecule has 1 aliphatic heterocycles. The second-order valence-electron chi connectivity index (χ2n) is 4.65. The molecule has 1 atom stereocenters. The van der Waals surface area contributed by atoms with Crippen molar-refractivity contribution in [2.75, 3.05) is 6.61 Å². The predicted molar refractivity (Wildman–Crippen MR) is 68.4 cm³/mol. The lowest BCUT2D eigenvalue weighted by Gasteiger charge is -2.12. The molecule has 2 aromatic rings. The molecule has 104 valence electrons. The molecule has 1 fully saturated rings. The Hall–Kier alpha value is -2.21. The maximum atomic E-state index is 13.0. The second-order valence-corrected chi connectivity index (χ2v) is 4.65. The van der Waals surface area contributed by atoms with Gasteiger partial charge in [0.05, 0.1) is 17.5 Å². The minimum absolute atomic E-state index is 0.0418. The molecule has 5 nitrogen and oxygen atoms in total. The number of aromatic carboxylic acids is 1. The number of nitrogens with zero attached hydrogens (tertiary/aromatic N) is 2. The van der Waals surface area contributed by atoms with E-state index in [9.17, 15) is 9.18 Å². The number of rotatable bonds is 3. The Morgan fingerprint density at radius 3 is 2.75 bits per heavy atom. The summed E-state index contributed by atoms with van der Waals surface area (Å²) in [7, 11) is 0. The zero-order valence-electron chi connectivity index (χ0n) is 10.6. The maximum Gasteiger partial charge on any atom is 0.356 e. The van der Waals surface area contributed by atoms with Crippen molar-refractivity contribution in [3.63, 3.8) is 0 Å². The van der Waals surface area contributed by atoms with Crippen LogP contribution in [0.15, 0.2) is 30.3 Å². The van der Waals surface area contributed by atoms with Crippen LogP contribution in [-0.4, -0.2) is 27.5 Å². The Labute approximate surface area is 114 Å².